The van der Waals surface area contributed by atoms with E-state index in [0.29, 0.717) is 5.41 Å². The van der Waals surface area contributed by atoms with Crippen molar-refractivity contribution in [2.75, 3.05) is 26.2 Å². The monoisotopic (exact) mass is 252 g/mol. The van der Waals surface area contributed by atoms with Crippen molar-refractivity contribution in [3.05, 3.63) is 0 Å². The SMILES string of the molecule is CCN(CC(C)C)CC1(CNC2CC2)CCCC1. The standard InChI is InChI=1S/C16H32N2/c1-4-18(11-14(2)3)13-16(9-5-6-10-16)12-17-15-7-8-15/h14-15,17H,4-13H2,1-3H3. The molecule has 0 aromatic rings. The summed E-state index contributed by atoms with van der Waals surface area (Å²) in [7, 11) is 0. The molecule has 0 atom stereocenters. The lowest BCUT2D eigenvalue weighted by atomic mass is 9.85. The molecule has 106 valence electrons. The first kappa shape index (κ1) is 14.3. The van der Waals surface area contributed by atoms with E-state index in [4.69, 9.17) is 0 Å². The zero-order valence-corrected chi connectivity index (χ0v) is 12.7. The van der Waals surface area contributed by atoms with Crippen LogP contribution >= 0.6 is 0 Å². The Morgan fingerprint density at radius 1 is 1.22 bits per heavy atom. The zero-order chi connectivity index (χ0) is 13.0. The minimum atomic E-state index is 0.591. The van der Waals surface area contributed by atoms with Crippen LogP contribution in [0.15, 0.2) is 0 Å². The van der Waals surface area contributed by atoms with Gasteiger partial charge in [0, 0.05) is 25.7 Å². The predicted molar refractivity (Wildman–Crippen MR) is 78.9 cm³/mol. The van der Waals surface area contributed by atoms with Gasteiger partial charge in [-0.15, -0.1) is 0 Å². The van der Waals surface area contributed by atoms with Crippen molar-refractivity contribution in [3.8, 4) is 0 Å². The van der Waals surface area contributed by atoms with Crippen molar-refractivity contribution >= 4 is 0 Å². The van der Waals surface area contributed by atoms with E-state index in [1.807, 2.05) is 0 Å². The van der Waals surface area contributed by atoms with E-state index in [2.05, 4.69) is 31.0 Å². The van der Waals surface area contributed by atoms with E-state index < -0.39 is 0 Å². The van der Waals surface area contributed by atoms with E-state index in [9.17, 15) is 0 Å². The van der Waals surface area contributed by atoms with Gasteiger partial charge in [0.2, 0.25) is 0 Å². The van der Waals surface area contributed by atoms with Crippen LogP contribution in [0, 0.1) is 11.3 Å². The third-order valence-electron chi connectivity index (χ3n) is 4.64. The maximum absolute atomic E-state index is 3.80. The molecule has 1 N–H and O–H groups in total. The van der Waals surface area contributed by atoms with Crippen molar-refractivity contribution in [2.24, 2.45) is 11.3 Å². The first-order chi connectivity index (χ1) is 8.63. The molecular weight excluding hydrogens is 220 g/mol. The van der Waals surface area contributed by atoms with E-state index in [1.165, 1.54) is 64.7 Å². The Bertz CT molecular complexity index is 239. The molecule has 0 aromatic heterocycles. The molecule has 0 unspecified atom stereocenters. The molecule has 2 rings (SSSR count). The summed E-state index contributed by atoms with van der Waals surface area (Å²) in [6.45, 7) is 12.1. The second-order valence-corrected chi connectivity index (χ2v) is 7.08. The van der Waals surface area contributed by atoms with Crippen LogP contribution in [0.5, 0.6) is 0 Å². The van der Waals surface area contributed by atoms with Crippen molar-refractivity contribution in [1.29, 1.82) is 0 Å². The lowest BCUT2D eigenvalue weighted by Gasteiger charge is -2.36. The third-order valence-corrected chi connectivity index (χ3v) is 4.64. The summed E-state index contributed by atoms with van der Waals surface area (Å²) in [5, 5.41) is 3.80. The number of hydrogen-bond acceptors (Lipinski definition) is 2. The number of hydrogen-bond donors (Lipinski definition) is 1. The van der Waals surface area contributed by atoms with Gasteiger partial charge in [-0.05, 0) is 43.6 Å². The van der Waals surface area contributed by atoms with Crippen LogP contribution in [-0.4, -0.2) is 37.1 Å². The Kier molecular flexibility index (Phi) is 5.08. The summed E-state index contributed by atoms with van der Waals surface area (Å²) >= 11 is 0. The molecule has 2 aliphatic carbocycles. The molecule has 0 heterocycles. The molecule has 0 aliphatic heterocycles. The summed E-state index contributed by atoms with van der Waals surface area (Å²) in [5.74, 6) is 0.791. The molecule has 0 amide bonds. The van der Waals surface area contributed by atoms with E-state index in [0.717, 1.165) is 12.0 Å². The first-order valence-corrected chi connectivity index (χ1v) is 8.09. The van der Waals surface area contributed by atoms with Gasteiger partial charge >= 0.3 is 0 Å². The molecule has 2 aliphatic rings. The summed E-state index contributed by atoms with van der Waals surface area (Å²) in [6, 6.07) is 0.864. The van der Waals surface area contributed by atoms with Crippen LogP contribution in [0.3, 0.4) is 0 Å². The quantitative estimate of drug-likeness (QED) is 0.713. The largest absolute Gasteiger partial charge is 0.313 e. The summed E-state index contributed by atoms with van der Waals surface area (Å²) < 4.78 is 0. The van der Waals surface area contributed by atoms with Gasteiger partial charge in [-0.25, -0.2) is 0 Å². The highest BCUT2D eigenvalue weighted by Crippen LogP contribution is 2.39. The van der Waals surface area contributed by atoms with Crippen molar-refractivity contribution < 1.29 is 0 Å². The Labute approximate surface area is 114 Å². The van der Waals surface area contributed by atoms with E-state index >= 15 is 0 Å². The van der Waals surface area contributed by atoms with Crippen LogP contribution in [0.25, 0.3) is 0 Å². The predicted octanol–water partition coefficient (Wildman–Crippen LogP) is 3.28. The van der Waals surface area contributed by atoms with Gasteiger partial charge in [0.15, 0.2) is 0 Å². The van der Waals surface area contributed by atoms with Gasteiger partial charge in [0.1, 0.15) is 0 Å². The summed E-state index contributed by atoms with van der Waals surface area (Å²) in [5.41, 5.74) is 0.591. The van der Waals surface area contributed by atoms with Gasteiger partial charge in [0.05, 0.1) is 0 Å². The fourth-order valence-electron chi connectivity index (χ4n) is 3.46. The molecule has 0 radical (unpaired) electrons. The Hall–Kier alpha value is -0.0800. The number of nitrogens with zero attached hydrogens (tertiary/aromatic N) is 1. The van der Waals surface area contributed by atoms with Gasteiger partial charge < -0.3 is 10.2 Å². The normalized spacial score (nSPS) is 23.2. The lowest BCUT2D eigenvalue weighted by molar-refractivity contribution is 0.141. The minimum Gasteiger partial charge on any atom is -0.313 e. The smallest absolute Gasteiger partial charge is 0.00684 e. The van der Waals surface area contributed by atoms with Crippen LogP contribution < -0.4 is 5.32 Å². The van der Waals surface area contributed by atoms with Crippen molar-refractivity contribution in [2.45, 2.75) is 65.3 Å². The summed E-state index contributed by atoms with van der Waals surface area (Å²) in [6.07, 6.45) is 8.62. The van der Waals surface area contributed by atoms with Crippen LogP contribution in [0.2, 0.25) is 0 Å². The second-order valence-electron chi connectivity index (χ2n) is 7.08. The third kappa shape index (κ3) is 4.24. The highest BCUT2D eigenvalue weighted by molar-refractivity contribution is 4.92. The highest BCUT2D eigenvalue weighted by Gasteiger charge is 2.36. The molecule has 2 heteroatoms. The lowest BCUT2D eigenvalue weighted by Crippen LogP contribution is -2.44. The molecule has 0 aromatic carbocycles. The molecule has 2 saturated carbocycles. The van der Waals surface area contributed by atoms with E-state index in [1.54, 1.807) is 0 Å². The topological polar surface area (TPSA) is 15.3 Å². The Morgan fingerprint density at radius 3 is 2.39 bits per heavy atom. The second kappa shape index (κ2) is 6.38. The van der Waals surface area contributed by atoms with Gasteiger partial charge in [-0.3, -0.25) is 0 Å². The molecule has 0 bridgehead atoms. The van der Waals surface area contributed by atoms with E-state index in [-0.39, 0.29) is 0 Å². The molecule has 18 heavy (non-hydrogen) atoms. The highest BCUT2D eigenvalue weighted by atomic mass is 15.1. The minimum absolute atomic E-state index is 0.591. The van der Waals surface area contributed by atoms with Crippen LogP contribution in [-0.2, 0) is 0 Å². The van der Waals surface area contributed by atoms with Gasteiger partial charge in [-0.1, -0.05) is 33.6 Å². The average Bonchev–Trinajstić information content (AvgIpc) is 3.06. The Morgan fingerprint density at radius 2 is 1.89 bits per heavy atom. The molecule has 0 saturated heterocycles. The fourth-order valence-corrected chi connectivity index (χ4v) is 3.46. The van der Waals surface area contributed by atoms with Crippen molar-refractivity contribution in [3.63, 3.8) is 0 Å². The maximum atomic E-state index is 3.80. The van der Waals surface area contributed by atoms with Crippen molar-refractivity contribution in [1.82, 2.24) is 10.2 Å². The maximum Gasteiger partial charge on any atom is 0.00684 e. The number of nitrogens with one attached hydrogen (secondary N) is 1. The fraction of sp³-hybridized carbons (Fsp3) is 1.00. The van der Waals surface area contributed by atoms with Crippen LogP contribution in [0.1, 0.15) is 59.3 Å². The molecule has 2 fully saturated rings. The number of rotatable bonds is 8. The first-order valence-electron chi connectivity index (χ1n) is 8.09. The Balaban J connectivity index is 1.86. The molecular formula is C16H32N2. The molecule has 0 spiro atoms. The summed E-state index contributed by atoms with van der Waals surface area (Å²) in [4.78, 5) is 2.69. The van der Waals surface area contributed by atoms with Crippen LogP contribution in [0.4, 0.5) is 0 Å². The van der Waals surface area contributed by atoms with Gasteiger partial charge in [0.25, 0.3) is 0 Å². The molecule has 2 nitrogen and oxygen atoms in total. The zero-order valence-electron chi connectivity index (χ0n) is 12.7. The average molecular weight is 252 g/mol. The van der Waals surface area contributed by atoms with Gasteiger partial charge in [-0.2, -0.15) is 0 Å².